The van der Waals surface area contributed by atoms with Gasteiger partial charge in [-0.3, -0.25) is 4.79 Å². The minimum absolute atomic E-state index is 0.00620. The Labute approximate surface area is 116 Å². The molecule has 2 saturated heterocycles. The Morgan fingerprint density at radius 2 is 2.15 bits per heavy atom. The van der Waals surface area contributed by atoms with Crippen LogP contribution < -0.4 is 21.7 Å². The van der Waals surface area contributed by atoms with Crippen molar-refractivity contribution in [3.8, 4) is 0 Å². The van der Waals surface area contributed by atoms with Crippen molar-refractivity contribution in [3.63, 3.8) is 0 Å². The lowest BCUT2D eigenvalue weighted by Gasteiger charge is -2.38. The zero-order chi connectivity index (χ0) is 14.3. The number of hydrogen-bond donors (Lipinski definition) is 3. The van der Waals surface area contributed by atoms with E-state index in [0.29, 0.717) is 24.3 Å². The normalized spacial score (nSPS) is 21.6. The third-order valence-corrected chi connectivity index (χ3v) is 3.89. The number of nitrogens with two attached hydrogens (primary N) is 2. The molecular formula is C13H17N5O2. The van der Waals surface area contributed by atoms with E-state index in [1.807, 2.05) is 11.0 Å². The number of nitrogen functional groups attached to an aromatic ring is 1. The Morgan fingerprint density at radius 3 is 2.85 bits per heavy atom. The molecule has 1 atom stereocenters. The molecular weight excluding hydrogens is 258 g/mol. The molecule has 1 aromatic carbocycles. The maximum absolute atomic E-state index is 11.6. The van der Waals surface area contributed by atoms with Gasteiger partial charge in [0.15, 0.2) is 0 Å². The molecule has 0 aromatic heterocycles. The second-order valence-electron chi connectivity index (χ2n) is 5.12. The molecule has 2 aliphatic heterocycles. The molecule has 0 saturated carbocycles. The van der Waals surface area contributed by atoms with Crippen LogP contribution in [-0.2, 0) is 0 Å². The fourth-order valence-electron chi connectivity index (χ4n) is 2.82. The molecule has 5 N–H and O–H groups in total. The summed E-state index contributed by atoms with van der Waals surface area (Å²) in [7, 11) is 0. The summed E-state index contributed by atoms with van der Waals surface area (Å²) in [6, 6.07) is 5.27. The van der Waals surface area contributed by atoms with Crippen LogP contribution in [0.2, 0.25) is 0 Å². The maximum atomic E-state index is 11.6. The highest BCUT2D eigenvalue weighted by Crippen LogP contribution is 2.27. The third-order valence-electron chi connectivity index (χ3n) is 3.89. The minimum atomic E-state index is -0.487. The van der Waals surface area contributed by atoms with Gasteiger partial charge in [-0.1, -0.05) is 0 Å². The average molecular weight is 275 g/mol. The Kier molecular flexibility index (Phi) is 2.89. The van der Waals surface area contributed by atoms with Crippen LogP contribution in [0.5, 0.6) is 0 Å². The number of urea groups is 1. The van der Waals surface area contributed by atoms with Crippen molar-refractivity contribution < 1.29 is 9.59 Å². The molecule has 2 fully saturated rings. The van der Waals surface area contributed by atoms with Gasteiger partial charge in [0, 0.05) is 31.7 Å². The minimum Gasteiger partial charge on any atom is -0.397 e. The summed E-state index contributed by atoms with van der Waals surface area (Å²) in [5.74, 6) is -0.487. The van der Waals surface area contributed by atoms with Gasteiger partial charge in [-0.2, -0.15) is 0 Å². The molecule has 2 heterocycles. The largest absolute Gasteiger partial charge is 0.397 e. The standard InChI is InChI=1S/C13H17N5O2/c14-10-5-8(12(15)19)1-2-11(10)17-3-4-18-9(7-17)6-16-13(18)20/h1-2,5,9H,3-4,6-7,14H2,(H2,15,19)(H,16,20). The smallest absolute Gasteiger partial charge is 0.317 e. The monoisotopic (exact) mass is 275 g/mol. The summed E-state index contributed by atoms with van der Waals surface area (Å²) < 4.78 is 0. The van der Waals surface area contributed by atoms with Gasteiger partial charge in [-0.25, -0.2) is 4.79 Å². The highest BCUT2D eigenvalue weighted by molar-refractivity contribution is 5.95. The highest BCUT2D eigenvalue weighted by atomic mass is 16.2. The number of rotatable bonds is 2. The van der Waals surface area contributed by atoms with Crippen molar-refractivity contribution in [2.24, 2.45) is 5.73 Å². The summed E-state index contributed by atoms with van der Waals surface area (Å²) in [5, 5.41) is 2.84. The van der Waals surface area contributed by atoms with Crippen molar-refractivity contribution in [1.29, 1.82) is 0 Å². The van der Waals surface area contributed by atoms with E-state index in [0.717, 1.165) is 18.8 Å². The number of hydrogen-bond acceptors (Lipinski definition) is 4. The number of nitrogens with zero attached hydrogens (tertiary/aromatic N) is 2. The SMILES string of the molecule is NC(=O)c1ccc(N2CCN3C(=O)NCC3C2)c(N)c1. The van der Waals surface area contributed by atoms with Crippen LogP contribution in [0.15, 0.2) is 18.2 Å². The molecule has 0 aliphatic carbocycles. The van der Waals surface area contributed by atoms with E-state index in [1.165, 1.54) is 0 Å². The first-order valence-corrected chi connectivity index (χ1v) is 6.55. The van der Waals surface area contributed by atoms with Crippen LogP contribution in [0.3, 0.4) is 0 Å². The number of carbonyl (C=O) groups is 2. The van der Waals surface area contributed by atoms with Crippen LogP contribution in [0.25, 0.3) is 0 Å². The van der Waals surface area contributed by atoms with E-state index in [-0.39, 0.29) is 12.1 Å². The molecule has 1 aromatic rings. The number of fused-ring (bicyclic) bond motifs is 1. The number of amides is 3. The van der Waals surface area contributed by atoms with E-state index in [9.17, 15) is 9.59 Å². The molecule has 7 nitrogen and oxygen atoms in total. The predicted octanol–water partition coefficient (Wildman–Crippen LogP) is -0.418. The van der Waals surface area contributed by atoms with Gasteiger partial charge in [0.05, 0.1) is 17.4 Å². The van der Waals surface area contributed by atoms with Gasteiger partial charge < -0.3 is 26.6 Å². The summed E-state index contributed by atoms with van der Waals surface area (Å²) >= 11 is 0. The topological polar surface area (TPSA) is 105 Å². The number of anilines is 2. The van der Waals surface area contributed by atoms with Crippen molar-refractivity contribution in [2.75, 3.05) is 36.8 Å². The molecule has 0 bridgehead atoms. The molecule has 7 heteroatoms. The molecule has 20 heavy (non-hydrogen) atoms. The van der Waals surface area contributed by atoms with Crippen LogP contribution in [-0.4, -0.2) is 49.1 Å². The zero-order valence-electron chi connectivity index (χ0n) is 11.0. The lowest BCUT2D eigenvalue weighted by molar-refractivity contribution is 0.100. The first-order valence-electron chi connectivity index (χ1n) is 6.55. The Bertz CT molecular complexity index is 574. The second-order valence-corrected chi connectivity index (χ2v) is 5.12. The van der Waals surface area contributed by atoms with Crippen molar-refractivity contribution in [3.05, 3.63) is 23.8 Å². The van der Waals surface area contributed by atoms with Crippen LogP contribution in [0, 0.1) is 0 Å². The van der Waals surface area contributed by atoms with E-state index in [4.69, 9.17) is 11.5 Å². The molecule has 0 radical (unpaired) electrons. The quantitative estimate of drug-likeness (QED) is 0.638. The Morgan fingerprint density at radius 1 is 1.35 bits per heavy atom. The van der Waals surface area contributed by atoms with E-state index >= 15 is 0 Å². The van der Waals surface area contributed by atoms with Gasteiger partial charge >= 0.3 is 6.03 Å². The summed E-state index contributed by atoms with van der Waals surface area (Å²) in [6.45, 7) is 2.80. The summed E-state index contributed by atoms with van der Waals surface area (Å²) in [4.78, 5) is 26.7. The van der Waals surface area contributed by atoms with Crippen LogP contribution in [0.4, 0.5) is 16.2 Å². The first-order chi connectivity index (χ1) is 9.56. The maximum Gasteiger partial charge on any atom is 0.317 e. The second kappa shape index (κ2) is 4.59. The molecule has 2 aliphatic rings. The van der Waals surface area contributed by atoms with Crippen molar-refractivity contribution in [1.82, 2.24) is 10.2 Å². The molecule has 106 valence electrons. The lowest BCUT2D eigenvalue weighted by Crippen LogP contribution is -2.52. The van der Waals surface area contributed by atoms with E-state index in [1.54, 1.807) is 12.1 Å². The van der Waals surface area contributed by atoms with Crippen molar-refractivity contribution >= 4 is 23.3 Å². The van der Waals surface area contributed by atoms with Crippen molar-refractivity contribution in [2.45, 2.75) is 6.04 Å². The Balaban J connectivity index is 1.80. The number of primary amides is 1. The average Bonchev–Trinajstić information content (AvgIpc) is 2.79. The number of carbonyl (C=O) groups excluding carboxylic acids is 2. The predicted molar refractivity (Wildman–Crippen MR) is 75.5 cm³/mol. The van der Waals surface area contributed by atoms with Crippen LogP contribution in [0.1, 0.15) is 10.4 Å². The number of piperazine rings is 1. The molecule has 3 amide bonds. The highest BCUT2D eigenvalue weighted by Gasteiger charge is 2.35. The summed E-state index contributed by atoms with van der Waals surface area (Å²) in [6.07, 6.45) is 0. The van der Waals surface area contributed by atoms with Gasteiger partial charge in [-0.15, -0.1) is 0 Å². The zero-order valence-corrected chi connectivity index (χ0v) is 11.0. The molecule has 3 rings (SSSR count). The lowest BCUT2D eigenvalue weighted by atomic mass is 10.1. The Hall–Kier alpha value is -2.44. The van der Waals surface area contributed by atoms with Crippen LogP contribution >= 0.6 is 0 Å². The van der Waals surface area contributed by atoms with E-state index < -0.39 is 5.91 Å². The van der Waals surface area contributed by atoms with Gasteiger partial charge in [0.2, 0.25) is 5.91 Å². The first kappa shape index (κ1) is 12.6. The van der Waals surface area contributed by atoms with Gasteiger partial charge in [0.25, 0.3) is 0 Å². The fourth-order valence-corrected chi connectivity index (χ4v) is 2.82. The van der Waals surface area contributed by atoms with E-state index in [2.05, 4.69) is 10.2 Å². The van der Waals surface area contributed by atoms with Gasteiger partial charge in [-0.05, 0) is 18.2 Å². The molecule has 0 spiro atoms. The number of nitrogens with one attached hydrogen (secondary N) is 1. The van der Waals surface area contributed by atoms with Gasteiger partial charge in [0.1, 0.15) is 0 Å². The summed E-state index contributed by atoms with van der Waals surface area (Å²) in [5.41, 5.74) is 13.1. The molecule has 1 unspecified atom stereocenters. The third kappa shape index (κ3) is 2.01. The number of benzene rings is 1. The fraction of sp³-hybridized carbons (Fsp3) is 0.385.